The van der Waals surface area contributed by atoms with Crippen LogP contribution in [0.25, 0.3) is 0 Å². The van der Waals surface area contributed by atoms with Gasteiger partial charge < -0.3 is 14.8 Å². The van der Waals surface area contributed by atoms with Crippen LogP contribution in [0.1, 0.15) is 51.1 Å². The molecule has 1 aromatic carbocycles. The molecule has 0 bridgehead atoms. The number of hydrogen-bond donors (Lipinski definition) is 1. The summed E-state index contributed by atoms with van der Waals surface area (Å²) >= 11 is 0. The van der Waals surface area contributed by atoms with Gasteiger partial charge in [-0.25, -0.2) is 0 Å². The summed E-state index contributed by atoms with van der Waals surface area (Å²) in [5.41, 5.74) is 1.30. The Morgan fingerprint density at radius 3 is 2.71 bits per heavy atom. The maximum absolute atomic E-state index is 5.82. The molecular weight excluding hydrogens is 262 g/mol. The van der Waals surface area contributed by atoms with E-state index in [2.05, 4.69) is 36.5 Å². The predicted octanol–water partition coefficient (Wildman–Crippen LogP) is 3.94. The number of benzene rings is 1. The van der Waals surface area contributed by atoms with Crippen LogP contribution < -0.4 is 10.1 Å². The van der Waals surface area contributed by atoms with Crippen LogP contribution in [0.15, 0.2) is 24.3 Å². The van der Waals surface area contributed by atoms with Crippen molar-refractivity contribution in [2.75, 3.05) is 26.4 Å². The Morgan fingerprint density at radius 2 is 2.00 bits per heavy atom. The number of ether oxygens (including phenoxy) is 2. The highest BCUT2D eigenvalue weighted by molar-refractivity contribution is 5.36. The van der Waals surface area contributed by atoms with Crippen molar-refractivity contribution in [1.82, 2.24) is 5.32 Å². The zero-order valence-electron chi connectivity index (χ0n) is 13.4. The molecule has 21 heavy (non-hydrogen) atoms. The second-order valence-corrected chi connectivity index (χ2v) is 5.77. The van der Waals surface area contributed by atoms with Crippen molar-refractivity contribution in [1.29, 1.82) is 0 Å². The first-order valence-electron chi connectivity index (χ1n) is 8.38. The smallest absolute Gasteiger partial charge is 0.124 e. The summed E-state index contributed by atoms with van der Waals surface area (Å²) in [6, 6.07) is 8.85. The lowest BCUT2D eigenvalue weighted by molar-refractivity contribution is 0.0604. The van der Waals surface area contributed by atoms with Crippen molar-refractivity contribution in [2.24, 2.45) is 5.92 Å². The molecule has 0 amide bonds. The lowest BCUT2D eigenvalue weighted by atomic mass is 9.89. The van der Waals surface area contributed by atoms with Crippen molar-refractivity contribution in [3.8, 4) is 5.75 Å². The lowest BCUT2D eigenvalue weighted by Crippen LogP contribution is -2.27. The highest BCUT2D eigenvalue weighted by Crippen LogP contribution is 2.32. The fraction of sp³-hybridized carbons (Fsp3) is 0.667. The molecule has 2 rings (SSSR count). The lowest BCUT2D eigenvalue weighted by Gasteiger charge is -2.28. The van der Waals surface area contributed by atoms with Crippen LogP contribution in [-0.2, 0) is 4.74 Å². The van der Waals surface area contributed by atoms with E-state index < -0.39 is 0 Å². The molecule has 1 N–H and O–H groups in total. The normalized spacial score (nSPS) is 17.6. The third-order valence-corrected chi connectivity index (χ3v) is 4.14. The molecule has 0 aliphatic carbocycles. The minimum Gasteiger partial charge on any atom is -0.494 e. The van der Waals surface area contributed by atoms with Crippen LogP contribution in [0.3, 0.4) is 0 Å². The van der Waals surface area contributed by atoms with E-state index in [1.165, 1.54) is 24.8 Å². The molecule has 1 unspecified atom stereocenters. The first kappa shape index (κ1) is 16.3. The zero-order chi connectivity index (χ0) is 14.9. The van der Waals surface area contributed by atoms with Crippen molar-refractivity contribution in [2.45, 2.75) is 45.6 Å². The van der Waals surface area contributed by atoms with Crippen LogP contribution in [0.5, 0.6) is 5.75 Å². The molecule has 1 atom stereocenters. The van der Waals surface area contributed by atoms with Gasteiger partial charge >= 0.3 is 0 Å². The Labute approximate surface area is 129 Å². The van der Waals surface area contributed by atoms with E-state index in [1.807, 2.05) is 6.92 Å². The van der Waals surface area contributed by atoms with Gasteiger partial charge in [0.2, 0.25) is 0 Å². The second-order valence-electron chi connectivity index (χ2n) is 5.77. The molecule has 1 aliphatic rings. The van der Waals surface area contributed by atoms with Gasteiger partial charge in [0.1, 0.15) is 5.75 Å². The fourth-order valence-electron chi connectivity index (χ4n) is 3.01. The molecule has 0 saturated carbocycles. The van der Waals surface area contributed by atoms with E-state index in [1.54, 1.807) is 0 Å². The van der Waals surface area contributed by atoms with Crippen LogP contribution in [0.4, 0.5) is 0 Å². The van der Waals surface area contributed by atoms with Crippen LogP contribution >= 0.6 is 0 Å². The van der Waals surface area contributed by atoms with E-state index in [-0.39, 0.29) is 0 Å². The van der Waals surface area contributed by atoms with Gasteiger partial charge in [-0.15, -0.1) is 0 Å². The molecule has 118 valence electrons. The van der Waals surface area contributed by atoms with Crippen molar-refractivity contribution in [3.63, 3.8) is 0 Å². The Morgan fingerprint density at radius 1 is 1.24 bits per heavy atom. The summed E-state index contributed by atoms with van der Waals surface area (Å²) in [5.74, 6) is 1.78. The molecule has 3 nitrogen and oxygen atoms in total. The van der Waals surface area contributed by atoms with E-state index in [0.29, 0.717) is 6.04 Å². The minimum atomic E-state index is 0.385. The molecule has 0 spiro atoms. The summed E-state index contributed by atoms with van der Waals surface area (Å²) in [4.78, 5) is 0. The largest absolute Gasteiger partial charge is 0.494 e. The summed E-state index contributed by atoms with van der Waals surface area (Å²) < 4.78 is 11.3. The Kier molecular flexibility index (Phi) is 7.04. The van der Waals surface area contributed by atoms with Gasteiger partial charge in [-0.1, -0.05) is 25.1 Å². The maximum Gasteiger partial charge on any atom is 0.124 e. The van der Waals surface area contributed by atoms with Gasteiger partial charge in [0.05, 0.1) is 6.61 Å². The zero-order valence-corrected chi connectivity index (χ0v) is 13.4. The SMILES string of the molecule is CCCNC(CC1CCOCC1)c1ccccc1OCC. The van der Waals surface area contributed by atoms with Gasteiger partial charge in [0, 0.05) is 24.8 Å². The van der Waals surface area contributed by atoms with Crippen molar-refractivity contribution in [3.05, 3.63) is 29.8 Å². The highest BCUT2D eigenvalue weighted by atomic mass is 16.5. The maximum atomic E-state index is 5.82. The van der Waals surface area contributed by atoms with Crippen molar-refractivity contribution >= 4 is 0 Å². The number of para-hydroxylation sites is 1. The molecule has 1 aliphatic heterocycles. The number of rotatable bonds is 8. The number of hydrogen-bond acceptors (Lipinski definition) is 3. The van der Waals surface area contributed by atoms with E-state index in [0.717, 1.165) is 44.5 Å². The van der Waals surface area contributed by atoms with Crippen LogP contribution in [-0.4, -0.2) is 26.4 Å². The Bertz CT molecular complexity index is 402. The fourth-order valence-corrected chi connectivity index (χ4v) is 3.01. The van der Waals surface area contributed by atoms with Gasteiger partial charge in [-0.05, 0) is 51.1 Å². The molecule has 1 heterocycles. The molecular formula is C18H29NO2. The van der Waals surface area contributed by atoms with E-state index in [4.69, 9.17) is 9.47 Å². The average molecular weight is 291 g/mol. The number of nitrogens with one attached hydrogen (secondary N) is 1. The van der Waals surface area contributed by atoms with Gasteiger partial charge in [-0.3, -0.25) is 0 Å². The van der Waals surface area contributed by atoms with Crippen LogP contribution in [0.2, 0.25) is 0 Å². The van der Waals surface area contributed by atoms with E-state index in [9.17, 15) is 0 Å². The second kappa shape index (κ2) is 9.06. The summed E-state index contributed by atoms with van der Waals surface area (Å²) in [7, 11) is 0. The third-order valence-electron chi connectivity index (χ3n) is 4.14. The standard InChI is InChI=1S/C18H29NO2/c1-3-11-19-17(14-15-9-12-20-13-10-15)16-7-5-6-8-18(16)21-4-2/h5-8,15,17,19H,3-4,9-14H2,1-2H3. The van der Waals surface area contributed by atoms with Gasteiger partial charge in [-0.2, -0.15) is 0 Å². The Hall–Kier alpha value is -1.06. The summed E-state index contributed by atoms with van der Waals surface area (Å²) in [6.45, 7) is 7.86. The van der Waals surface area contributed by atoms with Crippen molar-refractivity contribution < 1.29 is 9.47 Å². The Balaban J connectivity index is 2.10. The van der Waals surface area contributed by atoms with E-state index >= 15 is 0 Å². The predicted molar refractivity (Wildman–Crippen MR) is 86.8 cm³/mol. The molecule has 3 heteroatoms. The third kappa shape index (κ3) is 5.01. The van der Waals surface area contributed by atoms with Gasteiger partial charge in [0.25, 0.3) is 0 Å². The molecule has 1 aromatic rings. The molecule has 0 radical (unpaired) electrons. The first-order valence-corrected chi connectivity index (χ1v) is 8.38. The minimum absolute atomic E-state index is 0.385. The molecule has 1 saturated heterocycles. The van der Waals surface area contributed by atoms with Crippen LogP contribution in [0, 0.1) is 5.92 Å². The monoisotopic (exact) mass is 291 g/mol. The average Bonchev–Trinajstić information content (AvgIpc) is 2.53. The molecule has 0 aromatic heterocycles. The summed E-state index contributed by atoms with van der Waals surface area (Å²) in [5, 5.41) is 3.71. The highest BCUT2D eigenvalue weighted by Gasteiger charge is 2.22. The summed E-state index contributed by atoms with van der Waals surface area (Å²) in [6.07, 6.45) is 4.69. The first-order chi connectivity index (χ1) is 10.3. The quantitative estimate of drug-likeness (QED) is 0.787. The van der Waals surface area contributed by atoms with Gasteiger partial charge in [0.15, 0.2) is 0 Å². The molecule has 1 fully saturated rings. The topological polar surface area (TPSA) is 30.5 Å².